The van der Waals surface area contributed by atoms with Crippen LogP contribution >= 0.6 is 0 Å². The molecule has 1 heterocycles. The van der Waals surface area contributed by atoms with Gasteiger partial charge in [-0.1, -0.05) is 12.8 Å². The Hall–Kier alpha value is -1.16. The molecule has 0 aromatic carbocycles. The maximum absolute atomic E-state index is 12.2. The van der Waals surface area contributed by atoms with Gasteiger partial charge >= 0.3 is 13.1 Å². The summed E-state index contributed by atoms with van der Waals surface area (Å²) in [5, 5.41) is 27.1. The molecule has 0 radical (unpaired) electrons. The maximum atomic E-state index is 12.2. The van der Waals surface area contributed by atoms with Crippen molar-refractivity contribution in [2.24, 2.45) is 5.73 Å². The van der Waals surface area contributed by atoms with Crippen molar-refractivity contribution in [2.75, 3.05) is 27.2 Å². The Kier molecular flexibility index (Phi) is 8.15. The zero-order chi connectivity index (χ0) is 18.3. The van der Waals surface area contributed by atoms with Gasteiger partial charge in [-0.05, 0) is 38.5 Å². The number of nitrogens with zero attached hydrogens (tertiary/aromatic N) is 2. The van der Waals surface area contributed by atoms with Crippen LogP contribution in [0.15, 0.2) is 0 Å². The van der Waals surface area contributed by atoms with E-state index in [4.69, 9.17) is 15.8 Å². The largest absolute Gasteiger partial charge is 0.480 e. The molecule has 138 valence electrons. The summed E-state index contributed by atoms with van der Waals surface area (Å²) in [5.41, 5.74) is 4.72. The van der Waals surface area contributed by atoms with Crippen molar-refractivity contribution in [1.29, 1.82) is 0 Å². The third-order valence-electron chi connectivity index (χ3n) is 4.70. The quantitative estimate of drug-likeness (QED) is 0.307. The molecule has 0 saturated carbocycles. The lowest BCUT2D eigenvalue weighted by Gasteiger charge is -2.30. The van der Waals surface area contributed by atoms with Gasteiger partial charge in [0.05, 0.1) is 6.04 Å². The lowest BCUT2D eigenvalue weighted by Crippen LogP contribution is -2.51. The Morgan fingerprint density at radius 3 is 2.50 bits per heavy atom. The van der Waals surface area contributed by atoms with Gasteiger partial charge in [0, 0.05) is 20.6 Å². The molecule has 1 aliphatic rings. The minimum Gasteiger partial charge on any atom is -0.480 e. The van der Waals surface area contributed by atoms with Gasteiger partial charge in [0.25, 0.3) is 0 Å². The third-order valence-corrected chi connectivity index (χ3v) is 4.70. The van der Waals surface area contributed by atoms with Crippen molar-refractivity contribution in [1.82, 2.24) is 9.80 Å². The summed E-state index contributed by atoms with van der Waals surface area (Å²) in [6.07, 6.45) is 3.48. The van der Waals surface area contributed by atoms with Gasteiger partial charge in [-0.3, -0.25) is 14.5 Å². The first-order valence-electron chi connectivity index (χ1n) is 8.51. The van der Waals surface area contributed by atoms with Crippen molar-refractivity contribution in [2.45, 2.75) is 56.4 Å². The number of carboxylic acids is 1. The molecular weight excluding hydrogens is 313 g/mol. The number of rotatable bonds is 10. The number of aliphatic carboxylic acids is 1. The molecule has 24 heavy (non-hydrogen) atoms. The number of carbonyl (C=O) groups excluding carboxylic acids is 1. The lowest BCUT2D eigenvalue weighted by molar-refractivity contribution is -0.144. The number of carboxylic acid groups (broad SMARTS) is 1. The zero-order valence-corrected chi connectivity index (χ0v) is 14.6. The van der Waals surface area contributed by atoms with E-state index in [1.165, 1.54) is 0 Å². The van der Waals surface area contributed by atoms with Gasteiger partial charge in [-0.25, -0.2) is 0 Å². The normalized spacial score (nSPS) is 20.6. The number of nitrogens with two attached hydrogens (primary N) is 1. The van der Waals surface area contributed by atoms with Crippen LogP contribution in [0.5, 0.6) is 0 Å². The van der Waals surface area contributed by atoms with E-state index in [0.29, 0.717) is 19.4 Å². The molecule has 1 amide bonds. The van der Waals surface area contributed by atoms with Crippen LogP contribution in [-0.2, 0) is 9.59 Å². The van der Waals surface area contributed by atoms with Crippen LogP contribution in [0, 0.1) is 0 Å². The number of unbranched alkanes of at least 4 members (excludes halogenated alkanes) is 1. The zero-order valence-electron chi connectivity index (χ0n) is 14.6. The van der Waals surface area contributed by atoms with Crippen LogP contribution in [-0.4, -0.2) is 82.7 Å². The number of likely N-dealkylation sites (tertiary alicyclic amines) is 1. The molecule has 5 N–H and O–H groups in total. The van der Waals surface area contributed by atoms with Gasteiger partial charge in [0.1, 0.15) is 5.54 Å². The number of hydrogen-bond donors (Lipinski definition) is 4. The summed E-state index contributed by atoms with van der Waals surface area (Å²) in [5.74, 6) is -1.01. The summed E-state index contributed by atoms with van der Waals surface area (Å²) in [6, 6.07) is -0.192. The topological polar surface area (TPSA) is 127 Å². The predicted octanol–water partition coefficient (Wildman–Crippen LogP) is -0.646. The van der Waals surface area contributed by atoms with E-state index in [9.17, 15) is 14.7 Å². The predicted molar refractivity (Wildman–Crippen MR) is 91.3 cm³/mol. The first kappa shape index (κ1) is 20.9. The second-order valence-electron chi connectivity index (χ2n) is 6.86. The van der Waals surface area contributed by atoms with Crippen LogP contribution in [0.3, 0.4) is 0 Å². The molecule has 1 aliphatic heterocycles. The minimum atomic E-state index is -1.37. The number of carbonyl (C=O) groups is 2. The van der Waals surface area contributed by atoms with Gasteiger partial charge < -0.3 is 25.8 Å². The molecule has 9 heteroatoms. The molecular formula is C15H30BN3O5. The lowest BCUT2D eigenvalue weighted by atomic mass is 9.81. The average Bonchev–Trinajstić information content (AvgIpc) is 2.96. The smallest absolute Gasteiger partial charge is 0.451 e. The summed E-state index contributed by atoms with van der Waals surface area (Å²) in [6.45, 7) is 1.24. The van der Waals surface area contributed by atoms with Gasteiger partial charge in [-0.15, -0.1) is 0 Å². The van der Waals surface area contributed by atoms with E-state index < -0.39 is 18.6 Å². The molecule has 1 rings (SSSR count). The fraction of sp³-hybridized carbons (Fsp3) is 0.867. The first-order chi connectivity index (χ1) is 11.2. The van der Waals surface area contributed by atoms with E-state index in [1.807, 2.05) is 4.90 Å². The molecule has 2 unspecified atom stereocenters. The monoisotopic (exact) mass is 343 g/mol. The first-order valence-corrected chi connectivity index (χ1v) is 8.51. The van der Waals surface area contributed by atoms with Crippen molar-refractivity contribution >= 4 is 19.0 Å². The average molecular weight is 343 g/mol. The highest BCUT2D eigenvalue weighted by Crippen LogP contribution is 2.23. The van der Waals surface area contributed by atoms with Crippen LogP contribution in [0.25, 0.3) is 0 Å². The Balaban J connectivity index is 2.55. The van der Waals surface area contributed by atoms with E-state index in [1.54, 1.807) is 19.0 Å². The van der Waals surface area contributed by atoms with Crippen molar-refractivity contribution < 1.29 is 24.7 Å². The molecule has 8 nitrogen and oxygen atoms in total. The van der Waals surface area contributed by atoms with Crippen LogP contribution < -0.4 is 5.73 Å². The second-order valence-corrected chi connectivity index (χ2v) is 6.86. The fourth-order valence-corrected chi connectivity index (χ4v) is 3.12. The molecule has 1 saturated heterocycles. The Bertz CT molecular complexity index is 435. The molecule has 0 aliphatic carbocycles. The molecule has 0 bridgehead atoms. The van der Waals surface area contributed by atoms with Gasteiger partial charge in [-0.2, -0.15) is 0 Å². The summed E-state index contributed by atoms with van der Waals surface area (Å²) >= 11 is 0. The Morgan fingerprint density at radius 1 is 1.29 bits per heavy atom. The van der Waals surface area contributed by atoms with Gasteiger partial charge in [0.2, 0.25) is 5.91 Å². The highest BCUT2D eigenvalue weighted by Gasteiger charge is 2.37. The Morgan fingerprint density at radius 2 is 1.96 bits per heavy atom. The standard InChI is InChI=1S/C15H30BN3O5/c1-18(2)13(20)12-6-5-10-19(12)11-8-15(17,14(21)22)7-3-4-9-16(23)24/h12,23-24H,3-11,17H2,1-2H3,(H,21,22). The molecule has 1 fully saturated rings. The highest BCUT2D eigenvalue weighted by atomic mass is 16.4. The summed E-state index contributed by atoms with van der Waals surface area (Å²) in [4.78, 5) is 27.3. The van der Waals surface area contributed by atoms with E-state index in [0.717, 1.165) is 19.4 Å². The van der Waals surface area contributed by atoms with Crippen molar-refractivity contribution in [3.8, 4) is 0 Å². The number of likely N-dealkylation sites (N-methyl/N-ethyl adjacent to an activating group) is 1. The third kappa shape index (κ3) is 6.05. The SMILES string of the molecule is CN(C)C(=O)C1CCCN1CCC(N)(CCCCB(O)O)C(=O)O. The fourth-order valence-electron chi connectivity index (χ4n) is 3.12. The molecule has 2 atom stereocenters. The molecule has 0 aromatic heterocycles. The van der Waals surface area contributed by atoms with Crippen LogP contribution in [0.4, 0.5) is 0 Å². The van der Waals surface area contributed by atoms with Crippen molar-refractivity contribution in [3.63, 3.8) is 0 Å². The number of hydrogen-bond acceptors (Lipinski definition) is 6. The van der Waals surface area contributed by atoms with E-state index in [-0.39, 0.29) is 31.1 Å². The second kappa shape index (κ2) is 9.36. The van der Waals surface area contributed by atoms with Crippen LogP contribution in [0.1, 0.15) is 38.5 Å². The maximum Gasteiger partial charge on any atom is 0.451 e. The van der Waals surface area contributed by atoms with E-state index in [2.05, 4.69) is 0 Å². The molecule has 0 aromatic rings. The van der Waals surface area contributed by atoms with E-state index >= 15 is 0 Å². The summed E-state index contributed by atoms with van der Waals surface area (Å²) in [7, 11) is 2.07. The number of amides is 1. The highest BCUT2D eigenvalue weighted by molar-refractivity contribution is 6.40. The van der Waals surface area contributed by atoms with Crippen molar-refractivity contribution in [3.05, 3.63) is 0 Å². The Labute approximate surface area is 143 Å². The van der Waals surface area contributed by atoms with Gasteiger partial charge in [0.15, 0.2) is 0 Å². The summed E-state index contributed by atoms with van der Waals surface area (Å²) < 4.78 is 0. The minimum absolute atomic E-state index is 0.0439. The molecule has 0 spiro atoms. The van der Waals surface area contributed by atoms with Crippen LogP contribution in [0.2, 0.25) is 6.32 Å².